The van der Waals surface area contributed by atoms with Gasteiger partial charge in [0.2, 0.25) is 0 Å². The van der Waals surface area contributed by atoms with Gasteiger partial charge in [0.1, 0.15) is 12.4 Å². The maximum Gasteiger partial charge on any atom is 0.121 e. The number of ether oxygens (including phenoxy) is 2. The van der Waals surface area contributed by atoms with Gasteiger partial charge in [0.25, 0.3) is 0 Å². The molecule has 0 aliphatic heterocycles. The van der Waals surface area contributed by atoms with Crippen LogP contribution in [0.5, 0.6) is 5.75 Å². The van der Waals surface area contributed by atoms with E-state index in [1.54, 1.807) is 7.11 Å². The van der Waals surface area contributed by atoms with Crippen LogP contribution in [0.15, 0.2) is 30.5 Å². The number of H-pyrrole nitrogens is 1. The number of hydrogen-bond acceptors (Lipinski definition) is 2. The lowest BCUT2D eigenvalue weighted by Crippen LogP contribution is -2.03. The average Bonchev–Trinajstić information content (AvgIpc) is 2.65. The predicted molar refractivity (Wildman–Crippen MR) is 55.7 cm³/mol. The SMILES string of the molecule is COCCOc1ccc2cc[nH]c2c1. The molecule has 1 aromatic carbocycles. The standard InChI is InChI=1S/C11H13NO2/c1-13-6-7-14-10-3-2-9-4-5-12-11(9)8-10/h2-5,8,12H,6-7H2,1H3. The molecule has 0 spiro atoms. The number of aromatic nitrogens is 1. The first-order chi connectivity index (χ1) is 6.90. The van der Waals surface area contributed by atoms with Gasteiger partial charge < -0.3 is 14.5 Å². The summed E-state index contributed by atoms with van der Waals surface area (Å²) < 4.78 is 10.4. The molecular weight excluding hydrogens is 178 g/mol. The van der Waals surface area contributed by atoms with Gasteiger partial charge in [-0.25, -0.2) is 0 Å². The highest BCUT2D eigenvalue weighted by molar-refractivity contribution is 5.80. The van der Waals surface area contributed by atoms with E-state index >= 15 is 0 Å². The molecule has 0 atom stereocenters. The van der Waals surface area contributed by atoms with Gasteiger partial charge >= 0.3 is 0 Å². The summed E-state index contributed by atoms with van der Waals surface area (Å²) in [6.07, 6.45) is 1.92. The molecule has 0 bridgehead atoms. The first kappa shape index (κ1) is 9.09. The highest BCUT2D eigenvalue weighted by atomic mass is 16.5. The van der Waals surface area contributed by atoms with E-state index in [2.05, 4.69) is 4.98 Å². The summed E-state index contributed by atoms with van der Waals surface area (Å²) in [6.45, 7) is 1.20. The second kappa shape index (κ2) is 4.15. The van der Waals surface area contributed by atoms with Gasteiger partial charge in [0, 0.05) is 24.9 Å². The van der Waals surface area contributed by atoms with Crippen LogP contribution in [-0.2, 0) is 4.74 Å². The lowest BCUT2D eigenvalue weighted by atomic mass is 10.2. The molecule has 1 heterocycles. The Labute approximate surface area is 82.6 Å². The Hall–Kier alpha value is -1.48. The van der Waals surface area contributed by atoms with E-state index in [1.165, 1.54) is 5.39 Å². The number of aromatic amines is 1. The highest BCUT2D eigenvalue weighted by Gasteiger charge is 1.97. The zero-order valence-corrected chi connectivity index (χ0v) is 8.12. The molecule has 0 saturated heterocycles. The summed E-state index contributed by atoms with van der Waals surface area (Å²) in [7, 11) is 1.66. The Morgan fingerprint density at radius 3 is 3.00 bits per heavy atom. The van der Waals surface area contributed by atoms with E-state index in [1.807, 2.05) is 30.5 Å². The van der Waals surface area contributed by atoms with Crippen LogP contribution < -0.4 is 4.74 Å². The third kappa shape index (κ3) is 1.88. The lowest BCUT2D eigenvalue weighted by Gasteiger charge is -2.04. The quantitative estimate of drug-likeness (QED) is 0.752. The second-order valence-corrected chi connectivity index (χ2v) is 3.07. The Morgan fingerprint density at radius 2 is 2.14 bits per heavy atom. The molecule has 0 radical (unpaired) electrons. The van der Waals surface area contributed by atoms with E-state index in [0.29, 0.717) is 13.2 Å². The van der Waals surface area contributed by atoms with E-state index in [4.69, 9.17) is 9.47 Å². The normalized spacial score (nSPS) is 10.6. The molecule has 74 valence electrons. The van der Waals surface area contributed by atoms with Gasteiger partial charge in [-0.1, -0.05) is 0 Å². The van der Waals surface area contributed by atoms with Crippen molar-refractivity contribution < 1.29 is 9.47 Å². The zero-order chi connectivity index (χ0) is 9.80. The minimum absolute atomic E-state index is 0.586. The Balaban J connectivity index is 2.10. The number of benzene rings is 1. The number of rotatable bonds is 4. The fourth-order valence-corrected chi connectivity index (χ4v) is 1.36. The largest absolute Gasteiger partial charge is 0.491 e. The Morgan fingerprint density at radius 1 is 1.21 bits per heavy atom. The van der Waals surface area contributed by atoms with Crippen LogP contribution in [0.25, 0.3) is 10.9 Å². The van der Waals surface area contributed by atoms with Crippen molar-refractivity contribution in [3.63, 3.8) is 0 Å². The van der Waals surface area contributed by atoms with Gasteiger partial charge in [0.05, 0.1) is 6.61 Å². The van der Waals surface area contributed by atoms with Crippen LogP contribution in [0.3, 0.4) is 0 Å². The minimum Gasteiger partial charge on any atom is -0.491 e. The summed E-state index contributed by atoms with van der Waals surface area (Å²) >= 11 is 0. The fraction of sp³-hybridized carbons (Fsp3) is 0.273. The lowest BCUT2D eigenvalue weighted by molar-refractivity contribution is 0.146. The second-order valence-electron chi connectivity index (χ2n) is 3.07. The van der Waals surface area contributed by atoms with Crippen molar-refractivity contribution in [2.75, 3.05) is 20.3 Å². The van der Waals surface area contributed by atoms with Gasteiger partial charge in [-0.15, -0.1) is 0 Å². The van der Waals surface area contributed by atoms with Crippen LogP contribution >= 0.6 is 0 Å². The summed E-state index contributed by atoms with van der Waals surface area (Å²) in [4.78, 5) is 3.14. The first-order valence-electron chi connectivity index (χ1n) is 4.59. The van der Waals surface area contributed by atoms with Gasteiger partial charge in [-0.05, 0) is 23.6 Å². The topological polar surface area (TPSA) is 34.2 Å². The fourth-order valence-electron chi connectivity index (χ4n) is 1.36. The molecule has 0 aliphatic carbocycles. The number of hydrogen-bond donors (Lipinski definition) is 1. The monoisotopic (exact) mass is 191 g/mol. The molecular formula is C11H13NO2. The van der Waals surface area contributed by atoms with Crippen LogP contribution in [0.1, 0.15) is 0 Å². The molecule has 14 heavy (non-hydrogen) atoms. The van der Waals surface area contributed by atoms with Crippen LogP contribution in [-0.4, -0.2) is 25.3 Å². The molecule has 2 aromatic rings. The average molecular weight is 191 g/mol. The highest BCUT2D eigenvalue weighted by Crippen LogP contribution is 2.19. The molecule has 0 fully saturated rings. The zero-order valence-electron chi connectivity index (χ0n) is 8.12. The molecule has 0 aliphatic rings. The van der Waals surface area contributed by atoms with Crippen molar-refractivity contribution in [3.8, 4) is 5.75 Å². The summed E-state index contributed by atoms with van der Waals surface area (Å²) in [5, 5.41) is 1.20. The van der Waals surface area contributed by atoms with Crippen LogP contribution in [0.4, 0.5) is 0 Å². The number of nitrogens with one attached hydrogen (secondary N) is 1. The van der Waals surface area contributed by atoms with Crippen molar-refractivity contribution in [3.05, 3.63) is 30.5 Å². The first-order valence-corrected chi connectivity index (χ1v) is 4.59. The Kier molecular flexibility index (Phi) is 2.70. The molecule has 2 rings (SSSR count). The molecule has 0 amide bonds. The maximum atomic E-state index is 5.48. The van der Waals surface area contributed by atoms with Crippen molar-refractivity contribution in [2.24, 2.45) is 0 Å². The predicted octanol–water partition coefficient (Wildman–Crippen LogP) is 2.19. The Bertz CT molecular complexity index is 408. The van der Waals surface area contributed by atoms with Gasteiger partial charge in [-0.2, -0.15) is 0 Å². The molecule has 1 aromatic heterocycles. The third-order valence-electron chi connectivity index (χ3n) is 2.08. The van der Waals surface area contributed by atoms with Crippen LogP contribution in [0.2, 0.25) is 0 Å². The van der Waals surface area contributed by atoms with Gasteiger partial charge in [0.15, 0.2) is 0 Å². The molecule has 3 heteroatoms. The molecule has 3 nitrogen and oxygen atoms in total. The van der Waals surface area contributed by atoms with E-state index < -0.39 is 0 Å². The van der Waals surface area contributed by atoms with Crippen molar-refractivity contribution in [1.82, 2.24) is 4.98 Å². The number of methoxy groups -OCH3 is 1. The summed E-state index contributed by atoms with van der Waals surface area (Å²) in [5.41, 5.74) is 1.10. The summed E-state index contributed by atoms with van der Waals surface area (Å²) in [6, 6.07) is 8.03. The number of fused-ring (bicyclic) bond motifs is 1. The maximum absolute atomic E-state index is 5.48. The van der Waals surface area contributed by atoms with E-state index in [0.717, 1.165) is 11.3 Å². The molecule has 1 N–H and O–H groups in total. The summed E-state index contributed by atoms with van der Waals surface area (Å²) in [5.74, 6) is 0.872. The molecule has 0 saturated carbocycles. The van der Waals surface area contributed by atoms with E-state index in [-0.39, 0.29) is 0 Å². The van der Waals surface area contributed by atoms with Crippen LogP contribution in [0, 0.1) is 0 Å². The van der Waals surface area contributed by atoms with Crippen molar-refractivity contribution >= 4 is 10.9 Å². The molecule has 0 unspecified atom stereocenters. The van der Waals surface area contributed by atoms with Crippen molar-refractivity contribution in [1.29, 1.82) is 0 Å². The van der Waals surface area contributed by atoms with Crippen molar-refractivity contribution in [2.45, 2.75) is 0 Å². The minimum atomic E-state index is 0.586. The van der Waals surface area contributed by atoms with Gasteiger partial charge in [-0.3, -0.25) is 0 Å². The smallest absolute Gasteiger partial charge is 0.121 e. The third-order valence-corrected chi connectivity index (χ3v) is 2.08. The van der Waals surface area contributed by atoms with E-state index in [9.17, 15) is 0 Å².